The van der Waals surface area contributed by atoms with Crippen molar-refractivity contribution in [1.29, 1.82) is 0 Å². The van der Waals surface area contributed by atoms with Gasteiger partial charge in [-0.3, -0.25) is 0 Å². The highest BCUT2D eigenvalue weighted by atomic mass is 35.5. The third-order valence-electron chi connectivity index (χ3n) is 3.86. The van der Waals surface area contributed by atoms with E-state index in [9.17, 15) is 8.42 Å². The number of benzene rings is 1. The van der Waals surface area contributed by atoms with Crippen molar-refractivity contribution in [2.45, 2.75) is 24.7 Å². The van der Waals surface area contributed by atoms with E-state index in [1.165, 1.54) is 25.3 Å². The molecule has 0 fully saturated rings. The van der Waals surface area contributed by atoms with E-state index >= 15 is 0 Å². The van der Waals surface area contributed by atoms with Crippen molar-refractivity contribution in [1.82, 2.24) is 19.3 Å². The second-order valence-electron chi connectivity index (χ2n) is 5.85. The molecule has 3 aromatic rings. The molecule has 0 aliphatic rings. The summed E-state index contributed by atoms with van der Waals surface area (Å²) in [6, 6.07) is 6.27. The van der Waals surface area contributed by atoms with Gasteiger partial charge in [-0.2, -0.15) is 5.10 Å². The molecule has 0 radical (unpaired) electrons. The van der Waals surface area contributed by atoms with Crippen LogP contribution in [0.15, 0.2) is 41.6 Å². The summed E-state index contributed by atoms with van der Waals surface area (Å²) in [5.41, 5.74) is 2.69. The lowest BCUT2D eigenvalue weighted by molar-refractivity contribution is 0.414. The zero-order valence-corrected chi connectivity index (χ0v) is 16.0. The highest BCUT2D eigenvalue weighted by molar-refractivity contribution is 7.89. The van der Waals surface area contributed by atoms with Crippen LogP contribution >= 0.6 is 11.6 Å². The Kier molecular flexibility index (Phi) is 5.45. The first-order valence-electron chi connectivity index (χ1n) is 8.03. The third kappa shape index (κ3) is 4.14. The van der Waals surface area contributed by atoms with Crippen LogP contribution in [0.5, 0.6) is 5.75 Å². The van der Waals surface area contributed by atoms with Gasteiger partial charge in [0, 0.05) is 25.0 Å². The molecule has 3 rings (SSSR count). The van der Waals surface area contributed by atoms with Crippen LogP contribution in [0.3, 0.4) is 0 Å². The number of ether oxygens (including phenoxy) is 1. The number of nitrogens with one attached hydrogen (secondary N) is 1. The highest BCUT2D eigenvalue weighted by Crippen LogP contribution is 2.26. The summed E-state index contributed by atoms with van der Waals surface area (Å²) in [4.78, 5) is 4.45. The summed E-state index contributed by atoms with van der Waals surface area (Å²) in [5, 5.41) is 4.58. The van der Waals surface area contributed by atoms with Crippen LogP contribution in [-0.4, -0.2) is 36.7 Å². The number of aromatic nitrogens is 3. The van der Waals surface area contributed by atoms with Crippen molar-refractivity contribution >= 4 is 27.3 Å². The number of halogens is 1. The van der Waals surface area contributed by atoms with Crippen molar-refractivity contribution in [3.05, 3.63) is 52.9 Å². The van der Waals surface area contributed by atoms with Crippen molar-refractivity contribution in [3.8, 4) is 5.75 Å². The van der Waals surface area contributed by atoms with Crippen LogP contribution in [0, 0.1) is 6.92 Å². The minimum Gasteiger partial charge on any atom is -0.495 e. The predicted molar refractivity (Wildman–Crippen MR) is 99.2 cm³/mol. The maximum atomic E-state index is 12.3. The van der Waals surface area contributed by atoms with Gasteiger partial charge in [-0.05, 0) is 43.5 Å². The topological polar surface area (TPSA) is 85.6 Å². The lowest BCUT2D eigenvalue weighted by atomic mass is 10.2. The molecule has 0 saturated carbocycles. The normalized spacial score (nSPS) is 11.8. The first-order valence-corrected chi connectivity index (χ1v) is 9.89. The van der Waals surface area contributed by atoms with Crippen molar-refractivity contribution < 1.29 is 13.2 Å². The molecule has 2 heterocycles. The van der Waals surface area contributed by atoms with Gasteiger partial charge < -0.3 is 4.74 Å². The van der Waals surface area contributed by atoms with E-state index in [0.717, 1.165) is 16.9 Å². The molecule has 1 N–H and O–H groups in total. The summed E-state index contributed by atoms with van der Waals surface area (Å²) >= 11 is 5.99. The Morgan fingerprint density at radius 2 is 2.12 bits per heavy atom. The molecule has 26 heavy (non-hydrogen) atoms. The van der Waals surface area contributed by atoms with Crippen LogP contribution < -0.4 is 9.46 Å². The Bertz CT molecular complexity index is 1030. The second kappa shape index (κ2) is 7.61. The molecule has 0 atom stereocenters. The Balaban J connectivity index is 1.58. The number of fused-ring (bicyclic) bond motifs is 1. The van der Waals surface area contributed by atoms with Gasteiger partial charge in [0.15, 0.2) is 5.65 Å². The summed E-state index contributed by atoms with van der Waals surface area (Å²) in [5.74, 6) is 0.433. The van der Waals surface area contributed by atoms with Gasteiger partial charge in [0.2, 0.25) is 10.0 Å². The molecule has 9 heteroatoms. The number of aryl methyl sites for hydroxylation is 2. The smallest absolute Gasteiger partial charge is 0.240 e. The molecular weight excluding hydrogens is 376 g/mol. The lowest BCUT2D eigenvalue weighted by Crippen LogP contribution is -2.25. The number of hydrogen-bond acceptors (Lipinski definition) is 5. The van der Waals surface area contributed by atoms with E-state index in [2.05, 4.69) is 14.8 Å². The van der Waals surface area contributed by atoms with Gasteiger partial charge in [0.25, 0.3) is 0 Å². The second-order valence-corrected chi connectivity index (χ2v) is 8.02. The number of sulfonamides is 1. The van der Waals surface area contributed by atoms with E-state index in [4.69, 9.17) is 16.3 Å². The summed E-state index contributed by atoms with van der Waals surface area (Å²) < 4.78 is 34.0. The number of methoxy groups -OCH3 is 1. The summed E-state index contributed by atoms with van der Waals surface area (Å²) in [6.07, 6.45) is 5.02. The van der Waals surface area contributed by atoms with Crippen molar-refractivity contribution in [2.75, 3.05) is 13.7 Å². The number of nitrogens with zero attached hydrogens (tertiary/aromatic N) is 3. The molecule has 1 aromatic carbocycles. The summed E-state index contributed by atoms with van der Waals surface area (Å²) in [7, 11) is -2.14. The fourth-order valence-corrected chi connectivity index (χ4v) is 3.98. The molecule has 0 amide bonds. The Morgan fingerprint density at radius 3 is 2.85 bits per heavy atom. The standard InChI is InChI=1S/C17H19ClN4O3S/c1-12-8-17-19-10-13(11-22(17)21-12)4-3-7-20-26(23,24)14-5-6-16(25-2)15(18)9-14/h5-6,8-11,20H,3-4,7H2,1-2H3. The first kappa shape index (κ1) is 18.6. The van der Waals surface area contributed by atoms with E-state index in [1.807, 2.05) is 19.2 Å². The van der Waals surface area contributed by atoms with Gasteiger partial charge in [-0.1, -0.05) is 11.6 Å². The molecular formula is C17H19ClN4O3S. The molecule has 7 nitrogen and oxygen atoms in total. The average molecular weight is 395 g/mol. The largest absolute Gasteiger partial charge is 0.495 e. The zero-order chi connectivity index (χ0) is 18.7. The monoisotopic (exact) mass is 394 g/mol. The number of rotatable bonds is 7. The molecule has 0 aliphatic heterocycles. The lowest BCUT2D eigenvalue weighted by Gasteiger charge is -2.09. The Labute approximate surface area is 157 Å². The molecule has 0 spiro atoms. The zero-order valence-electron chi connectivity index (χ0n) is 14.4. The van der Waals surface area contributed by atoms with Gasteiger partial charge >= 0.3 is 0 Å². The fourth-order valence-electron chi connectivity index (χ4n) is 2.56. The van der Waals surface area contributed by atoms with Gasteiger partial charge in [0.05, 0.1) is 22.7 Å². The third-order valence-corrected chi connectivity index (χ3v) is 5.61. The van der Waals surface area contributed by atoms with Crippen LogP contribution in [0.2, 0.25) is 5.02 Å². The highest BCUT2D eigenvalue weighted by Gasteiger charge is 2.15. The van der Waals surface area contributed by atoms with Crippen molar-refractivity contribution in [3.63, 3.8) is 0 Å². The maximum absolute atomic E-state index is 12.3. The Hall–Kier alpha value is -2.16. The van der Waals surface area contributed by atoms with E-state index in [1.54, 1.807) is 10.7 Å². The van der Waals surface area contributed by atoms with Crippen molar-refractivity contribution in [2.24, 2.45) is 0 Å². The van der Waals surface area contributed by atoms with Crippen LogP contribution in [0.25, 0.3) is 5.65 Å². The van der Waals surface area contributed by atoms with Gasteiger partial charge in [0.1, 0.15) is 5.75 Å². The van der Waals surface area contributed by atoms with Gasteiger partial charge in [-0.25, -0.2) is 22.6 Å². The molecule has 0 saturated heterocycles. The van der Waals surface area contributed by atoms with E-state index < -0.39 is 10.0 Å². The SMILES string of the molecule is COc1ccc(S(=O)(=O)NCCCc2cnc3cc(C)nn3c2)cc1Cl. The van der Waals surface area contributed by atoms with Crippen LogP contribution in [-0.2, 0) is 16.4 Å². The van der Waals surface area contributed by atoms with E-state index in [-0.39, 0.29) is 9.92 Å². The minimum atomic E-state index is -3.62. The molecule has 0 unspecified atom stereocenters. The van der Waals surface area contributed by atoms with Crippen LogP contribution in [0.1, 0.15) is 17.7 Å². The molecule has 2 aromatic heterocycles. The molecule has 138 valence electrons. The average Bonchev–Trinajstić information content (AvgIpc) is 2.98. The molecule has 0 bridgehead atoms. The quantitative estimate of drug-likeness (QED) is 0.622. The number of hydrogen-bond donors (Lipinski definition) is 1. The first-order chi connectivity index (χ1) is 12.4. The van der Waals surface area contributed by atoms with E-state index in [0.29, 0.717) is 25.1 Å². The maximum Gasteiger partial charge on any atom is 0.240 e. The summed E-state index contributed by atoms with van der Waals surface area (Å²) in [6.45, 7) is 2.22. The van der Waals surface area contributed by atoms with Gasteiger partial charge in [-0.15, -0.1) is 0 Å². The minimum absolute atomic E-state index is 0.110. The van der Waals surface area contributed by atoms with Crippen LogP contribution in [0.4, 0.5) is 0 Å². The predicted octanol–water partition coefficient (Wildman–Crippen LogP) is 2.61. The molecule has 0 aliphatic carbocycles. The fraction of sp³-hybridized carbons (Fsp3) is 0.294. The Morgan fingerprint density at radius 1 is 1.31 bits per heavy atom.